The summed E-state index contributed by atoms with van der Waals surface area (Å²) in [7, 11) is 0. The molecule has 2 heterocycles. The van der Waals surface area contributed by atoms with Crippen LogP contribution in [0.1, 0.15) is 51.5 Å². The van der Waals surface area contributed by atoms with E-state index in [1.165, 1.54) is 0 Å². The van der Waals surface area contributed by atoms with Gasteiger partial charge in [0.15, 0.2) is 5.58 Å². The molecule has 0 N–H and O–H groups in total. The van der Waals surface area contributed by atoms with Crippen LogP contribution in [0.25, 0.3) is 22.4 Å². The largest absolute Gasteiger partial charge is 0.454 e. The van der Waals surface area contributed by atoms with E-state index in [1.807, 2.05) is 42.5 Å². The first kappa shape index (κ1) is 20.0. The summed E-state index contributed by atoms with van der Waals surface area (Å²) >= 11 is 0. The van der Waals surface area contributed by atoms with Gasteiger partial charge in [-0.1, -0.05) is 45.0 Å². The van der Waals surface area contributed by atoms with Crippen LogP contribution in [0.15, 0.2) is 53.1 Å². The van der Waals surface area contributed by atoms with Crippen molar-refractivity contribution in [2.75, 3.05) is 0 Å². The lowest BCUT2D eigenvalue weighted by Crippen LogP contribution is -2.40. The molecule has 1 aliphatic rings. The summed E-state index contributed by atoms with van der Waals surface area (Å²) < 4.78 is 47.1. The predicted molar refractivity (Wildman–Crippen MR) is 109 cm³/mol. The van der Waals surface area contributed by atoms with Gasteiger partial charge in [-0.3, -0.25) is 4.98 Å². The number of benzene rings is 1. The van der Waals surface area contributed by atoms with Crippen molar-refractivity contribution >= 4 is 11.1 Å². The zero-order valence-corrected chi connectivity index (χ0v) is 17.0. The molecule has 3 aromatic rings. The first-order valence-electron chi connectivity index (χ1n) is 10.2. The van der Waals surface area contributed by atoms with Gasteiger partial charge in [-0.2, -0.15) is 13.2 Å². The highest BCUT2D eigenvalue weighted by Crippen LogP contribution is 2.54. The minimum atomic E-state index is -4.17. The van der Waals surface area contributed by atoms with Crippen LogP contribution in [0, 0.1) is 17.3 Å². The minimum absolute atomic E-state index is 0.0739. The van der Waals surface area contributed by atoms with Crippen molar-refractivity contribution in [1.29, 1.82) is 0 Å². The van der Waals surface area contributed by atoms with Crippen LogP contribution in [-0.2, 0) is 0 Å². The number of rotatable bonds is 3. The number of fused-ring (bicyclic) bond motifs is 1. The number of hydrogen-bond acceptors (Lipinski definition) is 2. The molecule has 2 aromatic heterocycles. The van der Waals surface area contributed by atoms with E-state index < -0.39 is 18.0 Å². The third-order valence-corrected chi connectivity index (χ3v) is 6.92. The van der Waals surface area contributed by atoms with E-state index in [2.05, 4.69) is 25.8 Å². The normalized spacial score (nSPS) is 25.6. The second kappa shape index (κ2) is 7.19. The van der Waals surface area contributed by atoms with Gasteiger partial charge >= 0.3 is 6.18 Å². The Balaban J connectivity index is 1.66. The quantitative estimate of drug-likeness (QED) is 0.451. The number of aromatic nitrogens is 1. The summed E-state index contributed by atoms with van der Waals surface area (Å²) in [6.45, 7) is 6.36. The summed E-state index contributed by atoms with van der Waals surface area (Å²) in [5, 5.41) is 0. The first-order chi connectivity index (χ1) is 13.7. The molecule has 154 valence electrons. The molecule has 1 saturated carbocycles. The van der Waals surface area contributed by atoms with Crippen molar-refractivity contribution < 1.29 is 17.6 Å². The van der Waals surface area contributed by atoms with E-state index in [1.54, 1.807) is 6.20 Å². The third-order valence-electron chi connectivity index (χ3n) is 6.92. The van der Waals surface area contributed by atoms with Crippen molar-refractivity contribution in [3.05, 3.63) is 54.2 Å². The Morgan fingerprint density at radius 3 is 2.48 bits per heavy atom. The van der Waals surface area contributed by atoms with E-state index in [0.29, 0.717) is 30.1 Å². The molecule has 4 rings (SSSR count). The van der Waals surface area contributed by atoms with Gasteiger partial charge in [0.05, 0.1) is 5.92 Å². The maximum absolute atomic E-state index is 13.8. The number of halogens is 3. The number of furan rings is 1. The van der Waals surface area contributed by atoms with Crippen molar-refractivity contribution in [2.24, 2.45) is 17.3 Å². The fourth-order valence-corrected chi connectivity index (χ4v) is 4.61. The van der Waals surface area contributed by atoms with Gasteiger partial charge in [0.2, 0.25) is 0 Å². The number of hydrogen-bond donors (Lipinski definition) is 0. The fourth-order valence-electron chi connectivity index (χ4n) is 4.61. The van der Waals surface area contributed by atoms with Gasteiger partial charge < -0.3 is 4.42 Å². The van der Waals surface area contributed by atoms with E-state index in [-0.39, 0.29) is 11.8 Å². The molecule has 0 amide bonds. The van der Waals surface area contributed by atoms with E-state index in [9.17, 15) is 13.2 Å². The minimum Gasteiger partial charge on any atom is -0.454 e. The summed E-state index contributed by atoms with van der Waals surface area (Å²) in [4.78, 5) is 4.27. The van der Waals surface area contributed by atoms with Crippen molar-refractivity contribution in [1.82, 2.24) is 4.98 Å². The van der Waals surface area contributed by atoms with Gasteiger partial charge in [-0.05, 0) is 54.2 Å². The molecule has 3 unspecified atom stereocenters. The molecule has 0 saturated heterocycles. The number of nitrogens with zero attached hydrogens (tertiary/aromatic N) is 1. The molecule has 5 heteroatoms. The summed E-state index contributed by atoms with van der Waals surface area (Å²) in [6.07, 6.45) is -1.10. The molecule has 0 aliphatic heterocycles. The topological polar surface area (TPSA) is 26.0 Å². The Bertz CT molecular complexity index is 956. The Morgan fingerprint density at radius 2 is 1.86 bits per heavy atom. The summed E-state index contributed by atoms with van der Waals surface area (Å²) in [5.74, 6) is -0.770. The Kier molecular flexibility index (Phi) is 4.96. The number of alkyl halides is 3. The highest BCUT2D eigenvalue weighted by Gasteiger charge is 2.50. The van der Waals surface area contributed by atoms with Crippen LogP contribution < -0.4 is 0 Å². The molecule has 1 fully saturated rings. The lowest BCUT2D eigenvalue weighted by molar-refractivity contribution is -0.194. The Labute approximate surface area is 169 Å². The highest BCUT2D eigenvalue weighted by molar-refractivity contribution is 5.78. The van der Waals surface area contributed by atoms with Crippen LogP contribution in [0.4, 0.5) is 13.2 Å². The lowest BCUT2D eigenvalue weighted by Gasteiger charge is -2.46. The van der Waals surface area contributed by atoms with E-state index >= 15 is 0 Å². The lowest BCUT2D eigenvalue weighted by atomic mass is 9.60. The fraction of sp³-hybridized carbons (Fsp3) is 0.458. The molecule has 1 aromatic carbocycles. The van der Waals surface area contributed by atoms with Gasteiger partial charge in [0.1, 0.15) is 11.3 Å². The van der Waals surface area contributed by atoms with Gasteiger partial charge in [-0.15, -0.1) is 0 Å². The van der Waals surface area contributed by atoms with Crippen LogP contribution >= 0.6 is 0 Å². The van der Waals surface area contributed by atoms with Crippen molar-refractivity contribution in [3.63, 3.8) is 0 Å². The smallest absolute Gasteiger partial charge is 0.392 e. The number of pyridine rings is 1. The second-order valence-electron chi connectivity index (χ2n) is 8.93. The molecule has 1 aliphatic carbocycles. The van der Waals surface area contributed by atoms with Crippen molar-refractivity contribution in [3.8, 4) is 11.3 Å². The molecule has 2 nitrogen and oxygen atoms in total. The predicted octanol–water partition coefficient (Wildman–Crippen LogP) is 7.60. The summed E-state index contributed by atoms with van der Waals surface area (Å²) in [6, 6.07) is 12.9. The zero-order valence-electron chi connectivity index (χ0n) is 17.0. The Morgan fingerprint density at radius 1 is 1.14 bits per heavy atom. The molecular weight excluding hydrogens is 375 g/mol. The van der Waals surface area contributed by atoms with E-state index in [4.69, 9.17) is 4.42 Å². The second-order valence-corrected chi connectivity index (χ2v) is 8.93. The van der Waals surface area contributed by atoms with Gasteiger partial charge in [-0.25, -0.2) is 0 Å². The molecule has 29 heavy (non-hydrogen) atoms. The molecule has 3 atom stereocenters. The maximum atomic E-state index is 13.8. The van der Waals surface area contributed by atoms with Gasteiger partial charge in [0, 0.05) is 17.8 Å². The monoisotopic (exact) mass is 401 g/mol. The molecular formula is C24H26F3NO. The van der Waals surface area contributed by atoms with Crippen LogP contribution in [-0.4, -0.2) is 11.2 Å². The van der Waals surface area contributed by atoms with Gasteiger partial charge in [0.25, 0.3) is 0 Å². The first-order valence-corrected chi connectivity index (χ1v) is 10.2. The molecule has 0 radical (unpaired) electrons. The summed E-state index contributed by atoms with van der Waals surface area (Å²) in [5.41, 5.74) is 3.00. The standard InChI is InChI=1S/C24H26F3NO/c1-15(2)23(3)11-10-19(24(25,26)27)18(14-23)16-6-8-17(9-7-16)22-13-20-21(29-22)5-4-12-28-20/h4-9,12-13,15,18-19H,10-11,14H2,1-3H3. The molecule has 0 bridgehead atoms. The van der Waals surface area contributed by atoms with Crippen LogP contribution in [0.5, 0.6) is 0 Å². The van der Waals surface area contributed by atoms with Crippen molar-refractivity contribution in [2.45, 2.75) is 52.1 Å². The Hall–Kier alpha value is -2.30. The average Bonchev–Trinajstić information content (AvgIpc) is 3.11. The van der Waals surface area contributed by atoms with Crippen LogP contribution in [0.2, 0.25) is 0 Å². The SMILES string of the molecule is CC(C)C1(C)CCC(C(F)(F)F)C(c2ccc(-c3cc4ncccc4o3)cc2)C1. The highest BCUT2D eigenvalue weighted by atomic mass is 19.4. The third kappa shape index (κ3) is 3.79. The zero-order chi connectivity index (χ0) is 20.8. The average molecular weight is 401 g/mol. The van der Waals surface area contributed by atoms with Crippen LogP contribution in [0.3, 0.4) is 0 Å². The molecule has 0 spiro atoms. The van der Waals surface area contributed by atoms with E-state index in [0.717, 1.165) is 16.6 Å². The maximum Gasteiger partial charge on any atom is 0.392 e.